The average molecular weight is 227 g/mol. The van der Waals surface area contributed by atoms with E-state index in [9.17, 15) is 13.6 Å². The summed E-state index contributed by atoms with van der Waals surface area (Å²) in [5, 5.41) is 2.65. The second-order valence-electron chi connectivity index (χ2n) is 3.69. The van der Waals surface area contributed by atoms with Gasteiger partial charge in [0.1, 0.15) is 11.6 Å². The predicted molar refractivity (Wildman–Crippen MR) is 53.0 cm³/mol. The fourth-order valence-corrected chi connectivity index (χ4v) is 1.60. The molecule has 16 heavy (non-hydrogen) atoms. The fraction of sp³-hybridized carbons (Fsp3) is 0.364. The monoisotopic (exact) mass is 227 g/mol. The van der Waals surface area contributed by atoms with Gasteiger partial charge in [0, 0.05) is 18.2 Å². The van der Waals surface area contributed by atoms with Gasteiger partial charge in [-0.2, -0.15) is 0 Å². The number of nitrogens with one attached hydrogen (secondary N) is 1. The molecular formula is C11H11F2NO2. The molecule has 0 saturated carbocycles. The molecule has 0 radical (unpaired) electrons. The average Bonchev–Trinajstić information content (AvgIpc) is 2.68. The van der Waals surface area contributed by atoms with Crippen molar-refractivity contribution in [3.8, 4) is 0 Å². The Morgan fingerprint density at radius 3 is 2.56 bits per heavy atom. The zero-order valence-electron chi connectivity index (χ0n) is 8.50. The van der Waals surface area contributed by atoms with Crippen molar-refractivity contribution in [3.05, 3.63) is 35.4 Å². The Bertz CT molecular complexity index is 383. The van der Waals surface area contributed by atoms with Crippen LogP contribution in [-0.2, 0) is 4.74 Å². The first-order valence-electron chi connectivity index (χ1n) is 5.00. The van der Waals surface area contributed by atoms with Crippen molar-refractivity contribution in [2.24, 2.45) is 0 Å². The number of hydrogen-bond acceptors (Lipinski definition) is 2. The number of ether oxygens (including phenoxy) is 1. The Morgan fingerprint density at radius 1 is 1.31 bits per heavy atom. The molecule has 0 bridgehead atoms. The molecule has 3 nitrogen and oxygen atoms in total. The molecule has 86 valence electrons. The van der Waals surface area contributed by atoms with Crippen LogP contribution in [-0.4, -0.2) is 25.2 Å². The summed E-state index contributed by atoms with van der Waals surface area (Å²) in [5.41, 5.74) is -0.00981. The third kappa shape index (κ3) is 2.55. The second-order valence-corrected chi connectivity index (χ2v) is 3.69. The summed E-state index contributed by atoms with van der Waals surface area (Å²) < 4.78 is 30.8. The maximum atomic E-state index is 12.9. The van der Waals surface area contributed by atoms with Gasteiger partial charge in [0.15, 0.2) is 0 Å². The van der Waals surface area contributed by atoms with Crippen LogP contribution in [0.1, 0.15) is 16.8 Å². The molecule has 1 atom stereocenters. The largest absolute Gasteiger partial charge is 0.379 e. The lowest BCUT2D eigenvalue weighted by molar-refractivity contribution is 0.0929. The minimum atomic E-state index is -0.757. The molecule has 1 aromatic carbocycles. The standard InChI is InChI=1S/C11H11F2NO2/c12-8-3-7(4-9(13)5-8)11(15)14-10-1-2-16-6-10/h3-5,10H,1-2,6H2,(H,14,15)/t10-/m1/s1. The molecule has 0 aliphatic carbocycles. The highest BCUT2D eigenvalue weighted by atomic mass is 19.1. The first-order chi connectivity index (χ1) is 7.65. The van der Waals surface area contributed by atoms with Gasteiger partial charge < -0.3 is 10.1 Å². The molecule has 5 heteroatoms. The van der Waals surface area contributed by atoms with Gasteiger partial charge in [-0.3, -0.25) is 4.79 Å². The maximum Gasteiger partial charge on any atom is 0.251 e. The number of amides is 1. The molecule has 1 heterocycles. The Kier molecular flexibility index (Phi) is 3.14. The summed E-state index contributed by atoms with van der Waals surface area (Å²) in [6, 6.07) is 2.68. The fourth-order valence-electron chi connectivity index (χ4n) is 1.60. The van der Waals surface area contributed by atoms with Crippen molar-refractivity contribution in [3.63, 3.8) is 0 Å². The highest BCUT2D eigenvalue weighted by Gasteiger charge is 2.19. The highest BCUT2D eigenvalue weighted by Crippen LogP contribution is 2.09. The van der Waals surface area contributed by atoms with Crippen LogP contribution < -0.4 is 5.32 Å². The van der Waals surface area contributed by atoms with Crippen molar-refractivity contribution in [1.82, 2.24) is 5.32 Å². The molecule has 1 aliphatic rings. The summed E-state index contributed by atoms with van der Waals surface area (Å²) in [6.07, 6.45) is 0.726. The van der Waals surface area contributed by atoms with E-state index in [4.69, 9.17) is 4.74 Å². The summed E-state index contributed by atoms with van der Waals surface area (Å²) in [6.45, 7) is 1.05. The molecule has 1 saturated heterocycles. The number of hydrogen-bond donors (Lipinski definition) is 1. The number of halogens is 2. The van der Waals surface area contributed by atoms with E-state index < -0.39 is 17.5 Å². The van der Waals surface area contributed by atoms with Crippen LogP contribution in [0.4, 0.5) is 8.78 Å². The molecule has 0 aromatic heterocycles. The van der Waals surface area contributed by atoms with Gasteiger partial charge in [-0.05, 0) is 18.6 Å². The van der Waals surface area contributed by atoms with Crippen LogP contribution in [0, 0.1) is 11.6 Å². The van der Waals surface area contributed by atoms with Gasteiger partial charge >= 0.3 is 0 Å². The minimum Gasteiger partial charge on any atom is -0.379 e. The van der Waals surface area contributed by atoms with Crippen molar-refractivity contribution in [2.45, 2.75) is 12.5 Å². The predicted octanol–water partition coefficient (Wildman–Crippen LogP) is 1.48. The van der Waals surface area contributed by atoms with E-state index in [1.807, 2.05) is 0 Å². The lowest BCUT2D eigenvalue weighted by atomic mass is 10.1. The van der Waals surface area contributed by atoms with E-state index in [2.05, 4.69) is 5.32 Å². The van der Waals surface area contributed by atoms with Gasteiger partial charge in [0.25, 0.3) is 5.91 Å². The lowest BCUT2D eigenvalue weighted by Gasteiger charge is -2.10. The van der Waals surface area contributed by atoms with Crippen LogP contribution in [0.5, 0.6) is 0 Å². The second kappa shape index (κ2) is 4.57. The summed E-state index contributed by atoms with van der Waals surface area (Å²) >= 11 is 0. The van der Waals surface area contributed by atoms with E-state index in [1.165, 1.54) is 0 Å². The van der Waals surface area contributed by atoms with Crippen molar-refractivity contribution < 1.29 is 18.3 Å². The normalized spacial score (nSPS) is 19.8. The van der Waals surface area contributed by atoms with Gasteiger partial charge in [-0.1, -0.05) is 0 Å². The third-order valence-electron chi connectivity index (χ3n) is 2.39. The zero-order chi connectivity index (χ0) is 11.5. The van der Waals surface area contributed by atoms with Gasteiger partial charge in [-0.25, -0.2) is 8.78 Å². The van der Waals surface area contributed by atoms with Crippen LogP contribution in [0.15, 0.2) is 18.2 Å². The van der Waals surface area contributed by atoms with Gasteiger partial charge in [-0.15, -0.1) is 0 Å². The number of carbonyl (C=O) groups excluding carboxylic acids is 1. The molecule has 0 spiro atoms. The van der Waals surface area contributed by atoms with Gasteiger partial charge in [0.2, 0.25) is 0 Å². The SMILES string of the molecule is O=C(N[C@@H]1CCOC1)c1cc(F)cc(F)c1. The van der Waals surface area contributed by atoms with E-state index in [-0.39, 0.29) is 11.6 Å². The third-order valence-corrected chi connectivity index (χ3v) is 2.39. The van der Waals surface area contributed by atoms with Crippen LogP contribution >= 0.6 is 0 Å². The lowest BCUT2D eigenvalue weighted by Crippen LogP contribution is -2.35. The Balaban J connectivity index is 2.07. The topological polar surface area (TPSA) is 38.3 Å². The number of rotatable bonds is 2. The molecule has 0 unspecified atom stereocenters. The summed E-state index contributed by atoms with van der Waals surface area (Å²) in [7, 11) is 0. The van der Waals surface area contributed by atoms with Crippen LogP contribution in [0.2, 0.25) is 0 Å². The summed E-state index contributed by atoms with van der Waals surface area (Å²) in [5.74, 6) is -1.99. The first-order valence-corrected chi connectivity index (χ1v) is 5.00. The van der Waals surface area contributed by atoms with Gasteiger partial charge in [0.05, 0.1) is 12.6 Å². The van der Waals surface area contributed by atoms with E-state index in [0.29, 0.717) is 13.2 Å². The minimum absolute atomic E-state index is 0.00981. The molecule has 1 fully saturated rings. The Hall–Kier alpha value is -1.49. The number of carbonyl (C=O) groups is 1. The molecule has 1 aliphatic heterocycles. The van der Waals surface area contributed by atoms with E-state index in [1.54, 1.807) is 0 Å². The van der Waals surface area contributed by atoms with Crippen molar-refractivity contribution >= 4 is 5.91 Å². The zero-order valence-corrected chi connectivity index (χ0v) is 8.50. The maximum absolute atomic E-state index is 12.9. The molecule has 2 rings (SSSR count). The summed E-state index contributed by atoms with van der Waals surface area (Å²) in [4.78, 5) is 11.6. The number of benzene rings is 1. The molecular weight excluding hydrogens is 216 g/mol. The quantitative estimate of drug-likeness (QED) is 0.831. The Labute approximate surface area is 91.4 Å². The van der Waals surface area contributed by atoms with E-state index >= 15 is 0 Å². The van der Waals surface area contributed by atoms with Crippen molar-refractivity contribution in [2.75, 3.05) is 13.2 Å². The molecule has 1 aromatic rings. The molecule has 1 N–H and O–H groups in total. The van der Waals surface area contributed by atoms with Crippen LogP contribution in [0.3, 0.4) is 0 Å². The van der Waals surface area contributed by atoms with Crippen LogP contribution in [0.25, 0.3) is 0 Å². The van der Waals surface area contributed by atoms with E-state index in [0.717, 1.165) is 24.6 Å². The highest BCUT2D eigenvalue weighted by molar-refractivity contribution is 5.94. The Morgan fingerprint density at radius 2 is 2.00 bits per heavy atom. The smallest absolute Gasteiger partial charge is 0.251 e. The van der Waals surface area contributed by atoms with Crippen molar-refractivity contribution in [1.29, 1.82) is 0 Å². The first kappa shape index (κ1) is 11.0. The molecule has 1 amide bonds.